The van der Waals surface area contributed by atoms with E-state index in [0.717, 1.165) is 28.9 Å². The summed E-state index contributed by atoms with van der Waals surface area (Å²) in [7, 11) is 0. The number of nitrogens with zero attached hydrogens (tertiary/aromatic N) is 4. The van der Waals surface area contributed by atoms with Crippen molar-refractivity contribution in [2.45, 2.75) is 6.92 Å². The van der Waals surface area contributed by atoms with Gasteiger partial charge in [0.05, 0.1) is 18.1 Å². The van der Waals surface area contributed by atoms with Gasteiger partial charge in [-0.05, 0) is 30.7 Å². The molecule has 6 nitrogen and oxygen atoms in total. The van der Waals surface area contributed by atoms with Crippen LogP contribution in [0.2, 0.25) is 0 Å². The number of hydrogen-bond acceptors (Lipinski definition) is 4. The number of rotatable bonds is 3. The van der Waals surface area contributed by atoms with Crippen molar-refractivity contribution >= 4 is 17.4 Å². The number of carbonyl (C=O) groups is 1. The summed E-state index contributed by atoms with van der Waals surface area (Å²) in [5.74, 6) is -2.72. The Morgan fingerprint density at radius 1 is 1.11 bits per heavy atom. The molecule has 4 rings (SSSR count). The van der Waals surface area contributed by atoms with Crippen LogP contribution >= 0.6 is 0 Å². The number of imidazole rings is 1. The molecule has 0 saturated heterocycles. The van der Waals surface area contributed by atoms with E-state index in [4.69, 9.17) is 0 Å². The van der Waals surface area contributed by atoms with E-state index in [1.165, 1.54) is 18.5 Å². The average molecular weight is 365 g/mol. The van der Waals surface area contributed by atoms with Crippen LogP contribution in [-0.2, 0) is 0 Å². The van der Waals surface area contributed by atoms with Gasteiger partial charge in [-0.3, -0.25) is 9.78 Å². The van der Waals surface area contributed by atoms with Crippen LogP contribution in [0.3, 0.4) is 0 Å². The van der Waals surface area contributed by atoms with Crippen molar-refractivity contribution in [3.05, 3.63) is 78.0 Å². The number of fused-ring (bicyclic) bond motifs is 1. The van der Waals surface area contributed by atoms with Gasteiger partial charge in [-0.15, -0.1) is 0 Å². The van der Waals surface area contributed by atoms with Crippen molar-refractivity contribution in [1.82, 2.24) is 19.4 Å². The Labute approximate surface area is 152 Å². The molecule has 0 aliphatic carbocycles. The molecule has 0 spiro atoms. The minimum atomic E-state index is -0.943. The number of nitrogens with one attached hydrogen (secondary N) is 1. The quantitative estimate of drug-likeness (QED) is 0.602. The maximum absolute atomic E-state index is 13.7. The highest BCUT2D eigenvalue weighted by Crippen LogP contribution is 2.22. The van der Waals surface area contributed by atoms with Gasteiger partial charge in [0.2, 0.25) is 0 Å². The predicted octanol–water partition coefficient (Wildman–Crippen LogP) is 3.63. The molecule has 0 fully saturated rings. The van der Waals surface area contributed by atoms with E-state index >= 15 is 0 Å². The second kappa shape index (κ2) is 6.56. The van der Waals surface area contributed by atoms with Crippen LogP contribution in [0, 0.1) is 18.6 Å². The number of anilines is 1. The van der Waals surface area contributed by atoms with E-state index in [0.29, 0.717) is 5.69 Å². The van der Waals surface area contributed by atoms with Gasteiger partial charge >= 0.3 is 0 Å². The highest BCUT2D eigenvalue weighted by molar-refractivity contribution is 6.04. The Kier molecular flexibility index (Phi) is 4.08. The van der Waals surface area contributed by atoms with Gasteiger partial charge in [0, 0.05) is 24.2 Å². The molecule has 0 atom stereocenters. The van der Waals surface area contributed by atoms with Gasteiger partial charge in [-0.2, -0.15) is 0 Å². The molecule has 0 aliphatic rings. The summed E-state index contributed by atoms with van der Waals surface area (Å²) in [4.78, 5) is 24.8. The topological polar surface area (TPSA) is 72.2 Å². The maximum atomic E-state index is 13.7. The maximum Gasteiger partial charge on any atom is 0.262 e. The summed E-state index contributed by atoms with van der Waals surface area (Å²) in [6.07, 6.45) is 8.23. The Balaban J connectivity index is 1.60. The zero-order valence-electron chi connectivity index (χ0n) is 14.1. The van der Waals surface area contributed by atoms with Crippen molar-refractivity contribution in [2.24, 2.45) is 0 Å². The normalized spacial score (nSPS) is 10.9. The van der Waals surface area contributed by atoms with Crippen LogP contribution in [-0.4, -0.2) is 25.3 Å². The first-order valence-corrected chi connectivity index (χ1v) is 8.04. The van der Waals surface area contributed by atoms with E-state index in [1.54, 1.807) is 6.20 Å². The van der Waals surface area contributed by atoms with E-state index in [1.807, 2.05) is 29.8 Å². The lowest BCUT2D eigenvalue weighted by molar-refractivity contribution is 0.101. The third kappa shape index (κ3) is 3.12. The molecule has 0 bridgehead atoms. The molecular weight excluding hydrogens is 352 g/mol. The molecule has 0 aliphatic heterocycles. The Morgan fingerprint density at radius 3 is 2.59 bits per heavy atom. The van der Waals surface area contributed by atoms with Crippen molar-refractivity contribution in [3.63, 3.8) is 0 Å². The average Bonchev–Trinajstić information content (AvgIpc) is 3.09. The highest BCUT2D eigenvalue weighted by atomic mass is 19.1. The number of benzene rings is 1. The van der Waals surface area contributed by atoms with Crippen molar-refractivity contribution < 1.29 is 13.6 Å². The van der Waals surface area contributed by atoms with E-state index < -0.39 is 23.1 Å². The molecule has 1 N–H and O–H groups in total. The zero-order valence-corrected chi connectivity index (χ0v) is 14.1. The van der Waals surface area contributed by atoms with E-state index in [2.05, 4.69) is 20.3 Å². The van der Waals surface area contributed by atoms with Crippen LogP contribution in [0.4, 0.5) is 14.6 Å². The summed E-state index contributed by atoms with van der Waals surface area (Å²) in [5.41, 5.74) is 2.57. The third-order valence-electron chi connectivity index (χ3n) is 4.10. The first-order chi connectivity index (χ1) is 13.0. The molecule has 8 heteroatoms. The monoisotopic (exact) mass is 365 g/mol. The largest absolute Gasteiger partial charge is 0.306 e. The third-order valence-corrected chi connectivity index (χ3v) is 4.10. The standard InChI is InChI=1S/C19H13F2N5O/c1-11-7-17-22-5-6-26(17)10-12(11)15-8-24-16(9-23-15)25-19(27)18-13(20)3-2-4-14(18)21/h2-10H,1H3,(H,24,25,27). The summed E-state index contributed by atoms with van der Waals surface area (Å²) in [6, 6.07) is 5.15. The van der Waals surface area contributed by atoms with Crippen LogP contribution in [0.25, 0.3) is 16.9 Å². The fourth-order valence-corrected chi connectivity index (χ4v) is 2.75. The number of aromatic nitrogens is 4. The Hall–Kier alpha value is -3.68. The summed E-state index contributed by atoms with van der Waals surface area (Å²) < 4.78 is 29.2. The first kappa shape index (κ1) is 16.8. The molecule has 3 aromatic heterocycles. The molecule has 3 heterocycles. The van der Waals surface area contributed by atoms with Crippen LogP contribution in [0.15, 0.2) is 55.2 Å². The van der Waals surface area contributed by atoms with Gasteiger partial charge < -0.3 is 9.72 Å². The lowest BCUT2D eigenvalue weighted by Gasteiger charge is -2.08. The van der Waals surface area contributed by atoms with Crippen molar-refractivity contribution in [3.8, 4) is 11.3 Å². The number of pyridine rings is 1. The summed E-state index contributed by atoms with van der Waals surface area (Å²) in [6.45, 7) is 1.93. The van der Waals surface area contributed by atoms with Crippen LogP contribution in [0.5, 0.6) is 0 Å². The summed E-state index contributed by atoms with van der Waals surface area (Å²) in [5, 5.41) is 2.35. The molecule has 27 heavy (non-hydrogen) atoms. The molecular formula is C19H13F2N5O. The van der Waals surface area contributed by atoms with Crippen LogP contribution < -0.4 is 5.32 Å². The fraction of sp³-hybridized carbons (Fsp3) is 0.0526. The van der Waals surface area contributed by atoms with Gasteiger partial charge in [0.15, 0.2) is 5.82 Å². The molecule has 0 radical (unpaired) electrons. The second-order valence-electron chi connectivity index (χ2n) is 5.90. The minimum Gasteiger partial charge on any atom is -0.306 e. The Bertz CT molecular complexity index is 1130. The van der Waals surface area contributed by atoms with Gasteiger partial charge in [-0.1, -0.05) is 6.07 Å². The van der Waals surface area contributed by atoms with Gasteiger partial charge in [0.25, 0.3) is 5.91 Å². The summed E-state index contributed by atoms with van der Waals surface area (Å²) >= 11 is 0. The number of aryl methyl sites for hydroxylation is 1. The molecule has 0 saturated carbocycles. The van der Waals surface area contributed by atoms with Gasteiger partial charge in [-0.25, -0.2) is 18.7 Å². The SMILES string of the molecule is Cc1cc2nccn2cc1-c1cnc(NC(=O)c2c(F)cccc2F)cn1. The van der Waals surface area contributed by atoms with Crippen LogP contribution in [0.1, 0.15) is 15.9 Å². The molecule has 1 aromatic carbocycles. The highest BCUT2D eigenvalue weighted by Gasteiger charge is 2.17. The lowest BCUT2D eigenvalue weighted by atomic mass is 10.1. The predicted molar refractivity (Wildman–Crippen MR) is 95.3 cm³/mol. The minimum absolute atomic E-state index is 0.0905. The lowest BCUT2D eigenvalue weighted by Crippen LogP contribution is -2.16. The first-order valence-electron chi connectivity index (χ1n) is 8.04. The van der Waals surface area contributed by atoms with E-state index in [-0.39, 0.29) is 5.82 Å². The number of amides is 1. The second-order valence-corrected chi connectivity index (χ2v) is 5.90. The molecule has 1 amide bonds. The van der Waals surface area contributed by atoms with Crippen molar-refractivity contribution in [2.75, 3.05) is 5.32 Å². The van der Waals surface area contributed by atoms with Crippen molar-refractivity contribution in [1.29, 1.82) is 0 Å². The zero-order chi connectivity index (χ0) is 19.0. The van der Waals surface area contributed by atoms with E-state index in [9.17, 15) is 13.6 Å². The molecule has 4 aromatic rings. The number of carbonyl (C=O) groups excluding carboxylic acids is 1. The van der Waals surface area contributed by atoms with Gasteiger partial charge in [0.1, 0.15) is 22.8 Å². The number of halogens is 2. The Morgan fingerprint density at radius 2 is 1.89 bits per heavy atom. The molecule has 0 unspecified atom stereocenters. The smallest absolute Gasteiger partial charge is 0.262 e. The molecule has 134 valence electrons. The fourth-order valence-electron chi connectivity index (χ4n) is 2.75. The number of hydrogen-bond donors (Lipinski definition) is 1.